The second kappa shape index (κ2) is 7.39. The molecule has 0 atom stereocenters. The van der Waals surface area contributed by atoms with E-state index in [4.69, 9.17) is 0 Å². The number of H-pyrrole nitrogens is 1. The Morgan fingerprint density at radius 3 is 2.83 bits per heavy atom. The van der Waals surface area contributed by atoms with Crippen LogP contribution >= 0.6 is 15.9 Å². The Morgan fingerprint density at radius 2 is 2.12 bits per heavy atom. The van der Waals surface area contributed by atoms with E-state index >= 15 is 0 Å². The molecule has 0 saturated carbocycles. The Morgan fingerprint density at radius 1 is 1.25 bits per heavy atom. The Balaban J connectivity index is 1.71. The average molecular weight is 395 g/mol. The number of aromatic nitrogens is 3. The van der Waals surface area contributed by atoms with E-state index in [9.17, 15) is 8.78 Å². The van der Waals surface area contributed by atoms with Crippen LogP contribution in [0.1, 0.15) is 5.56 Å². The molecule has 2 N–H and O–H groups in total. The second-order valence-corrected chi connectivity index (χ2v) is 5.72. The highest BCUT2D eigenvalue weighted by Gasteiger charge is 2.10. The summed E-state index contributed by atoms with van der Waals surface area (Å²) in [6.45, 7) is -2.36. The first-order valence-electron chi connectivity index (χ1n) is 7.05. The van der Waals surface area contributed by atoms with Crippen LogP contribution in [0, 0.1) is 0 Å². The summed E-state index contributed by atoms with van der Waals surface area (Å²) in [6.07, 6.45) is 3.38. The molecule has 24 heavy (non-hydrogen) atoms. The van der Waals surface area contributed by atoms with Gasteiger partial charge in [0.2, 0.25) is 0 Å². The number of hydrogen-bond donors (Lipinski definition) is 2. The maximum absolute atomic E-state index is 12.3. The zero-order chi connectivity index (χ0) is 16.9. The molecule has 0 radical (unpaired) electrons. The molecule has 8 heteroatoms. The van der Waals surface area contributed by atoms with Gasteiger partial charge < -0.3 is 10.1 Å². The highest BCUT2D eigenvalue weighted by molar-refractivity contribution is 9.10. The van der Waals surface area contributed by atoms with E-state index in [0.717, 1.165) is 22.6 Å². The predicted octanol–water partition coefficient (Wildman–Crippen LogP) is 4.45. The molecule has 0 aliphatic rings. The molecule has 0 aliphatic heterocycles. The minimum Gasteiger partial charge on any atom is -0.434 e. The Labute approximate surface area is 145 Å². The summed E-state index contributed by atoms with van der Waals surface area (Å²) in [5.74, 6) is 0.103. The summed E-state index contributed by atoms with van der Waals surface area (Å²) in [6, 6.07) is 10.6. The Bertz CT molecular complexity index is 811. The number of rotatable bonds is 6. The van der Waals surface area contributed by atoms with Gasteiger partial charge in [-0.25, -0.2) is 0 Å². The van der Waals surface area contributed by atoms with Crippen LogP contribution < -0.4 is 10.1 Å². The molecular formula is C16H13BrF2N4O. The fourth-order valence-electron chi connectivity index (χ4n) is 2.17. The minimum atomic E-state index is -2.85. The number of hydrogen-bond acceptors (Lipinski definition) is 4. The van der Waals surface area contributed by atoms with Crippen molar-refractivity contribution in [2.24, 2.45) is 0 Å². The zero-order valence-corrected chi connectivity index (χ0v) is 13.9. The van der Waals surface area contributed by atoms with Gasteiger partial charge in [-0.2, -0.15) is 13.9 Å². The van der Waals surface area contributed by atoms with Gasteiger partial charge in [-0.15, -0.1) is 0 Å². The molecule has 124 valence electrons. The van der Waals surface area contributed by atoms with Gasteiger partial charge in [0.05, 0.1) is 22.1 Å². The molecule has 0 aliphatic carbocycles. The number of alkyl halides is 2. The topological polar surface area (TPSA) is 62.8 Å². The van der Waals surface area contributed by atoms with Crippen molar-refractivity contribution in [1.82, 2.24) is 15.2 Å². The number of aromatic amines is 1. The smallest absolute Gasteiger partial charge is 0.387 e. The third kappa shape index (κ3) is 3.88. The molecule has 3 rings (SSSR count). The number of halogens is 3. The Hall–Kier alpha value is -2.48. The van der Waals surface area contributed by atoms with Gasteiger partial charge in [-0.1, -0.05) is 12.1 Å². The third-order valence-electron chi connectivity index (χ3n) is 3.26. The molecule has 2 aromatic heterocycles. The second-order valence-electron chi connectivity index (χ2n) is 4.87. The molecule has 1 aromatic carbocycles. The first-order chi connectivity index (χ1) is 11.6. The summed E-state index contributed by atoms with van der Waals surface area (Å²) in [4.78, 5) is 4.28. The summed E-state index contributed by atoms with van der Waals surface area (Å²) in [5, 5.41) is 10.2. The first kappa shape index (κ1) is 16.4. The van der Waals surface area contributed by atoms with Crippen LogP contribution in [0.4, 0.5) is 14.5 Å². The lowest BCUT2D eigenvalue weighted by Crippen LogP contribution is -2.04. The molecule has 0 saturated heterocycles. The number of benzene rings is 1. The van der Waals surface area contributed by atoms with Crippen LogP contribution in [-0.2, 0) is 6.54 Å². The molecule has 5 nitrogen and oxygen atoms in total. The molecule has 3 aromatic rings. The van der Waals surface area contributed by atoms with E-state index in [1.165, 1.54) is 6.07 Å². The number of anilines is 1. The van der Waals surface area contributed by atoms with Crippen LogP contribution in [0.2, 0.25) is 0 Å². The van der Waals surface area contributed by atoms with Crippen molar-refractivity contribution in [2.75, 3.05) is 5.32 Å². The van der Waals surface area contributed by atoms with Gasteiger partial charge in [-0.05, 0) is 45.8 Å². The summed E-state index contributed by atoms with van der Waals surface area (Å²) in [7, 11) is 0. The number of ether oxygens (including phenoxy) is 1. The molecule has 0 unspecified atom stereocenters. The normalized spacial score (nSPS) is 10.8. The van der Waals surface area contributed by atoms with Crippen LogP contribution in [-0.4, -0.2) is 21.8 Å². The summed E-state index contributed by atoms with van der Waals surface area (Å²) < 4.78 is 29.4. The summed E-state index contributed by atoms with van der Waals surface area (Å²) >= 11 is 3.23. The fraction of sp³-hybridized carbons (Fsp3) is 0.125. The van der Waals surface area contributed by atoms with E-state index in [2.05, 4.69) is 41.2 Å². The van der Waals surface area contributed by atoms with Crippen molar-refractivity contribution in [3.8, 4) is 17.1 Å². The van der Waals surface area contributed by atoms with E-state index in [0.29, 0.717) is 11.0 Å². The van der Waals surface area contributed by atoms with Crippen LogP contribution in [0.25, 0.3) is 11.4 Å². The molecule has 0 bridgehead atoms. The van der Waals surface area contributed by atoms with Crippen molar-refractivity contribution in [3.05, 3.63) is 58.8 Å². The van der Waals surface area contributed by atoms with E-state index in [-0.39, 0.29) is 5.75 Å². The van der Waals surface area contributed by atoms with E-state index in [1.807, 2.05) is 18.2 Å². The van der Waals surface area contributed by atoms with Gasteiger partial charge in [-0.3, -0.25) is 10.1 Å². The summed E-state index contributed by atoms with van der Waals surface area (Å²) in [5.41, 5.74) is 3.26. The molecule has 2 heterocycles. The number of pyridine rings is 1. The van der Waals surface area contributed by atoms with Crippen LogP contribution in [0.3, 0.4) is 0 Å². The maximum atomic E-state index is 12.3. The molecule has 0 amide bonds. The third-order valence-corrected chi connectivity index (χ3v) is 3.88. The SMILES string of the molecule is FC(F)Oc1ccc(CNc2cn[nH]c2-c2ccccn2)cc1Br. The van der Waals surface area contributed by atoms with Crippen molar-refractivity contribution in [1.29, 1.82) is 0 Å². The lowest BCUT2D eigenvalue weighted by atomic mass is 10.2. The van der Waals surface area contributed by atoms with Crippen molar-refractivity contribution in [3.63, 3.8) is 0 Å². The Kier molecular flexibility index (Phi) is 5.05. The lowest BCUT2D eigenvalue weighted by molar-refractivity contribution is -0.0503. The van der Waals surface area contributed by atoms with Gasteiger partial charge in [0.25, 0.3) is 0 Å². The largest absolute Gasteiger partial charge is 0.434 e. The molecule has 0 spiro atoms. The van der Waals surface area contributed by atoms with Gasteiger partial charge >= 0.3 is 6.61 Å². The van der Waals surface area contributed by atoms with Gasteiger partial charge in [0.15, 0.2) is 0 Å². The van der Waals surface area contributed by atoms with E-state index in [1.54, 1.807) is 24.5 Å². The zero-order valence-electron chi connectivity index (χ0n) is 12.3. The standard InChI is InChI=1S/C16H13BrF2N4O/c17-11-7-10(4-5-14(11)24-16(18)19)8-21-13-9-22-23-15(13)12-3-1-2-6-20-12/h1-7,9,16,21H,8H2,(H,22,23). The highest BCUT2D eigenvalue weighted by Crippen LogP contribution is 2.28. The van der Waals surface area contributed by atoms with E-state index < -0.39 is 6.61 Å². The lowest BCUT2D eigenvalue weighted by Gasteiger charge is -2.10. The van der Waals surface area contributed by atoms with Gasteiger partial charge in [0, 0.05) is 12.7 Å². The monoisotopic (exact) mass is 394 g/mol. The molecular weight excluding hydrogens is 382 g/mol. The molecule has 0 fully saturated rings. The van der Waals surface area contributed by atoms with Crippen molar-refractivity contribution >= 4 is 21.6 Å². The number of nitrogens with zero attached hydrogens (tertiary/aromatic N) is 2. The predicted molar refractivity (Wildman–Crippen MR) is 89.9 cm³/mol. The maximum Gasteiger partial charge on any atom is 0.387 e. The van der Waals surface area contributed by atoms with Crippen molar-refractivity contribution < 1.29 is 13.5 Å². The van der Waals surface area contributed by atoms with Crippen molar-refractivity contribution in [2.45, 2.75) is 13.2 Å². The fourth-order valence-corrected chi connectivity index (χ4v) is 2.69. The minimum absolute atomic E-state index is 0.103. The highest BCUT2D eigenvalue weighted by atomic mass is 79.9. The quantitative estimate of drug-likeness (QED) is 0.648. The van der Waals surface area contributed by atoms with Crippen LogP contribution in [0.5, 0.6) is 5.75 Å². The van der Waals surface area contributed by atoms with Gasteiger partial charge in [0.1, 0.15) is 11.4 Å². The van der Waals surface area contributed by atoms with Crippen LogP contribution in [0.15, 0.2) is 53.3 Å². The first-order valence-corrected chi connectivity index (χ1v) is 7.84. The average Bonchev–Trinajstić information content (AvgIpc) is 3.04. The number of nitrogens with one attached hydrogen (secondary N) is 2.